The number of hydrogen-bond donors (Lipinski definition) is 2. The molecule has 0 saturated carbocycles. The SMILES string of the molecule is Cc1ccc(NC(=O)[C@@H]2Sc3nnc(C)n3N[C@@H]2c2ccccc2)cc1C. The van der Waals surface area contributed by atoms with Gasteiger partial charge >= 0.3 is 0 Å². The van der Waals surface area contributed by atoms with Gasteiger partial charge < -0.3 is 10.7 Å². The molecule has 0 fully saturated rings. The van der Waals surface area contributed by atoms with Gasteiger partial charge in [-0.05, 0) is 49.6 Å². The maximum absolute atomic E-state index is 13.1. The lowest BCUT2D eigenvalue weighted by Crippen LogP contribution is -2.41. The molecule has 0 spiro atoms. The quantitative estimate of drug-likeness (QED) is 0.727. The molecule has 138 valence electrons. The van der Waals surface area contributed by atoms with E-state index in [1.54, 1.807) is 0 Å². The van der Waals surface area contributed by atoms with Crippen LogP contribution in [0.1, 0.15) is 28.6 Å². The van der Waals surface area contributed by atoms with Crippen molar-refractivity contribution in [2.24, 2.45) is 0 Å². The second-order valence-electron chi connectivity index (χ2n) is 6.71. The molecule has 2 N–H and O–H groups in total. The van der Waals surface area contributed by atoms with E-state index in [9.17, 15) is 4.79 Å². The first-order chi connectivity index (χ1) is 13.0. The van der Waals surface area contributed by atoms with E-state index in [-0.39, 0.29) is 17.2 Å². The fourth-order valence-corrected chi connectivity index (χ4v) is 4.23. The smallest absolute Gasteiger partial charge is 0.240 e. The Labute approximate surface area is 162 Å². The lowest BCUT2D eigenvalue weighted by molar-refractivity contribution is -0.116. The van der Waals surface area contributed by atoms with Gasteiger partial charge in [0, 0.05) is 5.69 Å². The number of rotatable bonds is 3. The van der Waals surface area contributed by atoms with Crippen molar-refractivity contribution >= 4 is 23.4 Å². The molecule has 4 rings (SSSR count). The Hall–Kier alpha value is -2.80. The molecule has 3 aromatic rings. The van der Waals surface area contributed by atoms with Crippen LogP contribution >= 0.6 is 11.8 Å². The summed E-state index contributed by atoms with van der Waals surface area (Å²) in [5, 5.41) is 11.7. The molecular weight excluding hydrogens is 358 g/mol. The van der Waals surface area contributed by atoms with Crippen molar-refractivity contribution in [3.05, 3.63) is 71.0 Å². The number of benzene rings is 2. The van der Waals surface area contributed by atoms with Gasteiger partial charge in [0.25, 0.3) is 0 Å². The number of aromatic nitrogens is 3. The van der Waals surface area contributed by atoms with Crippen LogP contribution in [0.4, 0.5) is 5.69 Å². The number of amides is 1. The predicted molar refractivity (Wildman–Crippen MR) is 107 cm³/mol. The van der Waals surface area contributed by atoms with E-state index in [1.165, 1.54) is 17.3 Å². The van der Waals surface area contributed by atoms with Gasteiger partial charge in [-0.15, -0.1) is 10.2 Å². The maximum atomic E-state index is 13.1. The van der Waals surface area contributed by atoms with Crippen LogP contribution in [-0.2, 0) is 4.79 Å². The molecule has 0 saturated heterocycles. The van der Waals surface area contributed by atoms with E-state index in [2.05, 4.69) is 27.9 Å². The van der Waals surface area contributed by atoms with E-state index in [4.69, 9.17) is 0 Å². The number of nitrogens with zero attached hydrogens (tertiary/aromatic N) is 3. The average Bonchev–Trinajstić information content (AvgIpc) is 3.04. The lowest BCUT2D eigenvalue weighted by Gasteiger charge is -2.32. The summed E-state index contributed by atoms with van der Waals surface area (Å²) in [5.41, 5.74) is 7.61. The standard InChI is InChI=1S/C20H21N5OS/c1-12-9-10-16(11-13(12)2)21-19(26)18-17(15-7-5-4-6-8-15)24-25-14(3)22-23-20(25)27-18/h4-11,17-18,24H,1-3H3,(H,21,26)/t17-,18-/m1/s1. The van der Waals surface area contributed by atoms with Crippen LogP contribution in [-0.4, -0.2) is 26.0 Å². The molecule has 2 heterocycles. The molecule has 2 atom stereocenters. The van der Waals surface area contributed by atoms with Gasteiger partial charge in [0.2, 0.25) is 11.1 Å². The Morgan fingerprint density at radius 2 is 1.85 bits per heavy atom. The van der Waals surface area contributed by atoms with Crippen LogP contribution in [0.2, 0.25) is 0 Å². The molecule has 27 heavy (non-hydrogen) atoms. The minimum Gasteiger partial charge on any atom is -0.325 e. The molecule has 7 heteroatoms. The first kappa shape index (κ1) is 17.6. The van der Waals surface area contributed by atoms with Crippen molar-refractivity contribution in [2.75, 3.05) is 10.7 Å². The van der Waals surface area contributed by atoms with Crippen molar-refractivity contribution in [1.29, 1.82) is 0 Å². The van der Waals surface area contributed by atoms with E-state index in [0.717, 1.165) is 22.6 Å². The monoisotopic (exact) mass is 379 g/mol. The highest BCUT2D eigenvalue weighted by molar-refractivity contribution is 8.00. The summed E-state index contributed by atoms with van der Waals surface area (Å²) in [6, 6.07) is 15.8. The zero-order valence-electron chi connectivity index (χ0n) is 15.4. The van der Waals surface area contributed by atoms with E-state index in [1.807, 2.05) is 67.1 Å². The summed E-state index contributed by atoms with van der Waals surface area (Å²) >= 11 is 1.43. The van der Waals surface area contributed by atoms with E-state index in [0.29, 0.717) is 5.16 Å². The Morgan fingerprint density at radius 1 is 1.07 bits per heavy atom. The second-order valence-corrected chi connectivity index (χ2v) is 7.82. The number of nitrogens with one attached hydrogen (secondary N) is 2. The molecule has 0 bridgehead atoms. The number of aryl methyl sites for hydroxylation is 3. The van der Waals surface area contributed by atoms with Crippen LogP contribution in [0, 0.1) is 20.8 Å². The lowest BCUT2D eigenvalue weighted by atomic mass is 10.0. The van der Waals surface area contributed by atoms with Gasteiger partial charge in [-0.1, -0.05) is 48.2 Å². The topological polar surface area (TPSA) is 71.8 Å². The van der Waals surface area contributed by atoms with Crippen LogP contribution in [0.25, 0.3) is 0 Å². The summed E-state index contributed by atoms with van der Waals surface area (Å²) in [6.45, 7) is 5.99. The highest BCUT2D eigenvalue weighted by Crippen LogP contribution is 2.37. The number of anilines is 1. The fraction of sp³-hybridized carbons (Fsp3) is 0.250. The molecule has 1 aliphatic heterocycles. The van der Waals surface area contributed by atoms with Gasteiger partial charge in [0.15, 0.2) is 0 Å². The Morgan fingerprint density at radius 3 is 2.59 bits per heavy atom. The third-order valence-corrected chi connectivity index (χ3v) is 6.01. The molecule has 2 aromatic carbocycles. The van der Waals surface area contributed by atoms with Crippen LogP contribution in [0.15, 0.2) is 53.7 Å². The van der Waals surface area contributed by atoms with E-state index < -0.39 is 0 Å². The van der Waals surface area contributed by atoms with Crippen molar-refractivity contribution in [2.45, 2.75) is 37.2 Å². The van der Waals surface area contributed by atoms with Crippen LogP contribution < -0.4 is 10.7 Å². The Kier molecular flexibility index (Phi) is 4.61. The molecule has 1 aliphatic rings. The summed E-state index contributed by atoms with van der Waals surface area (Å²) in [4.78, 5) is 13.1. The zero-order chi connectivity index (χ0) is 19.0. The van der Waals surface area contributed by atoms with Crippen molar-refractivity contribution in [3.63, 3.8) is 0 Å². The maximum Gasteiger partial charge on any atom is 0.240 e. The molecule has 6 nitrogen and oxygen atoms in total. The molecule has 0 unspecified atom stereocenters. The van der Waals surface area contributed by atoms with Crippen molar-refractivity contribution in [1.82, 2.24) is 14.9 Å². The minimum absolute atomic E-state index is 0.0588. The Balaban J connectivity index is 1.65. The van der Waals surface area contributed by atoms with Gasteiger partial charge in [-0.3, -0.25) is 4.79 Å². The first-order valence-electron chi connectivity index (χ1n) is 8.81. The van der Waals surface area contributed by atoms with Crippen molar-refractivity contribution < 1.29 is 4.79 Å². The van der Waals surface area contributed by atoms with Crippen LogP contribution in [0.3, 0.4) is 0 Å². The number of carbonyl (C=O) groups is 1. The van der Waals surface area contributed by atoms with Gasteiger partial charge in [-0.2, -0.15) is 0 Å². The third kappa shape index (κ3) is 3.42. The number of thioether (sulfide) groups is 1. The van der Waals surface area contributed by atoms with Gasteiger partial charge in [0.1, 0.15) is 11.1 Å². The normalized spacial score (nSPS) is 18.5. The molecule has 1 aromatic heterocycles. The van der Waals surface area contributed by atoms with Crippen LogP contribution in [0.5, 0.6) is 0 Å². The van der Waals surface area contributed by atoms with Gasteiger partial charge in [0.05, 0.1) is 6.04 Å². The molecule has 1 amide bonds. The summed E-state index contributed by atoms with van der Waals surface area (Å²) < 4.78 is 1.85. The van der Waals surface area contributed by atoms with Crippen molar-refractivity contribution in [3.8, 4) is 0 Å². The molecule has 0 radical (unpaired) electrons. The predicted octanol–water partition coefficient (Wildman–Crippen LogP) is 3.60. The number of carbonyl (C=O) groups excluding carboxylic acids is 1. The fourth-order valence-electron chi connectivity index (χ4n) is 3.10. The third-order valence-electron chi connectivity index (χ3n) is 4.79. The second kappa shape index (κ2) is 7.08. The summed E-state index contributed by atoms with van der Waals surface area (Å²) in [7, 11) is 0. The number of fused-ring (bicyclic) bond motifs is 1. The first-order valence-corrected chi connectivity index (χ1v) is 9.69. The molecular formula is C20H21N5OS. The summed E-state index contributed by atoms with van der Waals surface area (Å²) in [6.07, 6.45) is 0. The zero-order valence-corrected chi connectivity index (χ0v) is 16.2. The highest BCUT2D eigenvalue weighted by Gasteiger charge is 2.37. The van der Waals surface area contributed by atoms with Gasteiger partial charge in [-0.25, -0.2) is 4.68 Å². The Bertz CT molecular complexity index is 985. The number of hydrogen-bond acceptors (Lipinski definition) is 5. The highest BCUT2D eigenvalue weighted by atomic mass is 32.2. The largest absolute Gasteiger partial charge is 0.325 e. The molecule has 0 aliphatic carbocycles. The summed E-state index contributed by atoms with van der Waals surface area (Å²) in [5.74, 6) is 0.711. The van der Waals surface area contributed by atoms with E-state index >= 15 is 0 Å². The average molecular weight is 379 g/mol. The minimum atomic E-state index is -0.370.